The van der Waals surface area contributed by atoms with E-state index in [9.17, 15) is 9.59 Å². The number of esters is 1. The Kier molecular flexibility index (Phi) is 7.57. The van der Waals surface area contributed by atoms with E-state index in [2.05, 4.69) is 24.3 Å². The Balaban J connectivity index is 1.98. The molecule has 0 saturated carbocycles. The number of nitrogens with zero attached hydrogens (tertiary/aromatic N) is 3. The molecule has 0 aliphatic rings. The van der Waals surface area contributed by atoms with E-state index in [0.29, 0.717) is 40.1 Å². The van der Waals surface area contributed by atoms with Crippen LogP contribution in [-0.4, -0.2) is 27.8 Å². The smallest absolute Gasteiger partial charge is 0.331 e. The van der Waals surface area contributed by atoms with Gasteiger partial charge in [0.1, 0.15) is 5.15 Å². The fourth-order valence-corrected chi connectivity index (χ4v) is 2.86. The normalized spacial score (nSPS) is 12.0. The molecular formula is C21H23ClN4O3. The van der Waals surface area contributed by atoms with E-state index in [1.165, 1.54) is 25.1 Å². The highest BCUT2D eigenvalue weighted by molar-refractivity contribution is 6.31. The van der Waals surface area contributed by atoms with Crippen LogP contribution >= 0.6 is 11.6 Å². The summed E-state index contributed by atoms with van der Waals surface area (Å²) >= 11 is 6.34. The molecule has 0 bridgehead atoms. The van der Waals surface area contributed by atoms with Crippen LogP contribution in [-0.2, 0) is 20.9 Å². The maximum Gasteiger partial charge on any atom is 0.331 e. The fraction of sp³-hybridized carbons (Fsp3) is 0.333. The third-order valence-electron chi connectivity index (χ3n) is 3.95. The number of rotatable bonds is 7. The van der Waals surface area contributed by atoms with Gasteiger partial charge in [-0.3, -0.25) is 9.48 Å². The number of carbonyl (C=O) groups excluding carboxylic acids is 2. The van der Waals surface area contributed by atoms with Gasteiger partial charge >= 0.3 is 5.97 Å². The van der Waals surface area contributed by atoms with E-state index in [0.717, 1.165) is 0 Å². The first-order valence-corrected chi connectivity index (χ1v) is 9.51. The number of halogens is 1. The van der Waals surface area contributed by atoms with Gasteiger partial charge in [0.15, 0.2) is 6.10 Å². The molecule has 2 aromatic rings. The Morgan fingerprint density at radius 2 is 2.10 bits per heavy atom. The lowest BCUT2D eigenvalue weighted by Gasteiger charge is -2.12. The molecule has 0 aliphatic carbocycles. The molecule has 0 radical (unpaired) electrons. The molecule has 152 valence electrons. The third-order valence-corrected chi connectivity index (χ3v) is 4.35. The van der Waals surface area contributed by atoms with Crippen molar-refractivity contribution in [3.8, 4) is 6.07 Å². The van der Waals surface area contributed by atoms with Crippen molar-refractivity contribution in [2.45, 2.75) is 40.3 Å². The minimum atomic E-state index is -1.02. The summed E-state index contributed by atoms with van der Waals surface area (Å²) < 4.78 is 6.83. The molecule has 0 unspecified atom stereocenters. The van der Waals surface area contributed by atoms with E-state index in [-0.39, 0.29) is 0 Å². The van der Waals surface area contributed by atoms with Crippen molar-refractivity contribution in [1.29, 1.82) is 5.26 Å². The predicted octanol–water partition coefficient (Wildman–Crippen LogP) is 3.96. The molecule has 0 spiro atoms. The highest BCUT2D eigenvalue weighted by Gasteiger charge is 2.17. The largest absolute Gasteiger partial charge is 0.449 e. The van der Waals surface area contributed by atoms with Crippen LogP contribution in [0.1, 0.15) is 37.6 Å². The second-order valence-corrected chi connectivity index (χ2v) is 7.32. The number of carbonyl (C=O) groups is 2. The Morgan fingerprint density at radius 1 is 1.38 bits per heavy atom. The number of benzene rings is 1. The van der Waals surface area contributed by atoms with Crippen LogP contribution in [0.15, 0.2) is 30.3 Å². The fourth-order valence-electron chi connectivity index (χ4n) is 2.55. The van der Waals surface area contributed by atoms with Gasteiger partial charge in [-0.25, -0.2) is 4.79 Å². The monoisotopic (exact) mass is 414 g/mol. The zero-order valence-electron chi connectivity index (χ0n) is 16.8. The van der Waals surface area contributed by atoms with Crippen LogP contribution in [0.2, 0.25) is 5.15 Å². The summed E-state index contributed by atoms with van der Waals surface area (Å²) in [5.41, 5.74) is 2.20. The lowest BCUT2D eigenvalue weighted by Crippen LogP contribution is -2.29. The molecule has 8 heteroatoms. The number of aromatic nitrogens is 2. The first-order valence-electron chi connectivity index (χ1n) is 9.14. The number of hydrogen-bond acceptors (Lipinski definition) is 5. The minimum absolute atomic E-state index is 0.377. The van der Waals surface area contributed by atoms with Crippen molar-refractivity contribution in [2.75, 3.05) is 5.32 Å². The maximum atomic E-state index is 12.2. The quantitative estimate of drug-likeness (QED) is 0.546. The summed E-state index contributed by atoms with van der Waals surface area (Å²) in [4.78, 5) is 24.3. The Labute approximate surface area is 174 Å². The second-order valence-electron chi connectivity index (χ2n) is 6.96. The third kappa shape index (κ3) is 6.19. The molecule has 1 atom stereocenters. The van der Waals surface area contributed by atoms with Crippen LogP contribution in [0.5, 0.6) is 0 Å². The van der Waals surface area contributed by atoms with Crippen molar-refractivity contribution in [3.63, 3.8) is 0 Å². The number of nitrogens with one attached hydrogen (secondary N) is 1. The van der Waals surface area contributed by atoms with Crippen molar-refractivity contribution in [2.24, 2.45) is 5.92 Å². The van der Waals surface area contributed by atoms with E-state index >= 15 is 0 Å². The molecule has 1 heterocycles. The molecule has 1 N–H and O–H groups in total. The van der Waals surface area contributed by atoms with Gasteiger partial charge in [-0.05, 0) is 44.0 Å². The van der Waals surface area contributed by atoms with Gasteiger partial charge in [0, 0.05) is 23.9 Å². The van der Waals surface area contributed by atoms with Crippen LogP contribution in [0.4, 0.5) is 5.69 Å². The van der Waals surface area contributed by atoms with Gasteiger partial charge in [-0.15, -0.1) is 0 Å². The maximum absolute atomic E-state index is 12.2. The van der Waals surface area contributed by atoms with Gasteiger partial charge in [0.2, 0.25) is 0 Å². The van der Waals surface area contributed by atoms with E-state index in [1.807, 2.05) is 6.07 Å². The molecule has 0 fully saturated rings. The number of anilines is 1. The molecule has 2 rings (SSSR count). The summed E-state index contributed by atoms with van der Waals surface area (Å²) in [5, 5.41) is 16.3. The summed E-state index contributed by atoms with van der Waals surface area (Å²) in [5.74, 6) is -0.798. The van der Waals surface area contributed by atoms with E-state index < -0.39 is 18.0 Å². The standard InChI is InChI=1S/C21H23ClN4O3/c1-13(2)12-26-20(22)18(14(3)25-26)8-9-19(27)29-15(4)21(28)24-17-7-5-6-16(10-17)11-23/h5-10,13,15H,12H2,1-4H3,(H,24,28)/b9-8+/t15-/m0/s1. The van der Waals surface area contributed by atoms with Crippen molar-refractivity contribution >= 4 is 35.2 Å². The van der Waals surface area contributed by atoms with Crippen molar-refractivity contribution in [1.82, 2.24) is 9.78 Å². The zero-order valence-corrected chi connectivity index (χ0v) is 17.5. The molecule has 7 nitrogen and oxygen atoms in total. The summed E-state index contributed by atoms with van der Waals surface area (Å²) in [7, 11) is 0. The first kappa shape index (κ1) is 22.2. The van der Waals surface area contributed by atoms with Gasteiger partial charge in [-0.2, -0.15) is 10.4 Å². The Morgan fingerprint density at radius 3 is 2.76 bits per heavy atom. The van der Waals surface area contributed by atoms with Gasteiger partial charge in [0.25, 0.3) is 5.91 Å². The van der Waals surface area contributed by atoms with E-state index in [4.69, 9.17) is 21.6 Å². The second kappa shape index (κ2) is 9.89. The molecule has 1 aromatic carbocycles. The van der Waals surface area contributed by atoms with Crippen LogP contribution in [0, 0.1) is 24.2 Å². The molecular weight excluding hydrogens is 392 g/mol. The number of ether oxygens (including phenoxy) is 1. The van der Waals surface area contributed by atoms with Crippen molar-refractivity contribution < 1.29 is 14.3 Å². The van der Waals surface area contributed by atoms with Crippen LogP contribution < -0.4 is 5.32 Å². The average Bonchev–Trinajstić information content (AvgIpc) is 2.92. The molecule has 1 aromatic heterocycles. The first-order chi connectivity index (χ1) is 13.7. The molecule has 0 saturated heterocycles. The number of nitriles is 1. The van der Waals surface area contributed by atoms with Crippen LogP contribution in [0.3, 0.4) is 0 Å². The van der Waals surface area contributed by atoms with Crippen LogP contribution in [0.25, 0.3) is 6.08 Å². The lowest BCUT2D eigenvalue weighted by atomic mass is 10.2. The van der Waals surface area contributed by atoms with Gasteiger partial charge in [-0.1, -0.05) is 31.5 Å². The number of aryl methyl sites for hydroxylation is 1. The van der Waals surface area contributed by atoms with Crippen molar-refractivity contribution in [3.05, 3.63) is 52.3 Å². The van der Waals surface area contributed by atoms with Gasteiger partial charge < -0.3 is 10.1 Å². The number of amides is 1. The Hall–Kier alpha value is -3.11. The summed E-state index contributed by atoms with van der Waals surface area (Å²) in [6.07, 6.45) is 1.73. The zero-order chi connectivity index (χ0) is 21.6. The Bertz CT molecular complexity index is 973. The average molecular weight is 415 g/mol. The minimum Gasteiger partial charge on any atom is -0.449 e. The predicted molar refractivity (Wildman–Crippen MR) is 111 cm³/mol. The highest BCUT2D eigenvalue weighted by atomic mass is 35.5. The summed E-state index contributed by atoms with van der Waals surface area (Å²) in [6.45, 7) is 8.06. The van der Waals surface area contributed by atoms with Gasteiger partial charge in [0.05, 0.1) is 17.3 Å². The summed E-state index contributed by atoms with van der Waals surface area (Å²) in [6, 6.07) is 8.45. The van der Waals surface area contributed by atoms with E-state index in [1.54, 1.807) is 29.8 Å². The SMILES string of the molecule is Cc1nn(CC(C)C)c(Cl)c1/C=C/C(=O)O[C@@H](C)C(=O)Nc1cccc(C#N)c1. The highest BCUT2D eigenvalue weighted by Crippen LogP contribution is 2.22. The molecule has 1 amide bonds. The molecule has 0 aliphatic heterocycles. The molecule has 29 heavy (non-hydrogen) atoms. The topological polar surface area (TPSA) is 97.0 Å². The number of hydrogen-bond donors (Lipinski definition) is 1. The lowest BCUT2D eigenvalue weighted by molar-refractivity contribution is -0.148.